The number of rotatable bonds is 11. The van der Waals surface area contributed by atoms with Gasteiger partial charge in [-0.25, -0.2) is 4.79 Å². The maximum absolute atomic E-state index is 12.7. The number of fused-ring (bicyclic) bond motifs is 3. The molecule has 2 aromatic rings. The number of hydrogen-bond acceptors (Lipinski definition) is 4. The van der Waals surface area contributed by atoms with Crippen LogP contribution in [-0.2, 0) is 14.3 Å². The molecule has 0 radical (unpaired) electrons. The van der Waals surface area contributed by atoms with Crippen LogP contribution in [0.3, 0.4) is 0 Å². The lowest BCUT2D eigenvalue weighted by atomic mass is 9.91. The van der Waals surface area contributed by atoms with Gasteiger partial charge < -0.3 is 20.5 Å². The standard InChI is InChI=1S/C28H36N2O5/c1-18(25(31)32)10-9-11-19(2)30-26(33)28(3,4)17-29-27(34)35-16-24-22-14-7-5-12-20(22)21-13-6-8-15-23(21)24/h5-8,12-15,18-19,24H,9-11,16-17H2,1-4H3,(H,29,34)(H,30,33)(H,31,32). The van der Waals surface area contributed by atoms with Crippen molar-refractivity contribution in [3.63, 3.8) is 0 Å². The number of nitrogens with one attached hydrogen (secondary N) is 2. The van der Waals surface area contributed by atoms with Gasteiger partial charge >= 0.3 is 12.1 Å². The zero-order valence-corrected chi connectivity index (χ0v) is 21.0. The molecule has 188 valence electrons. The number of carbonyl (C=O) groups excluding carboxylic acids is 2. The molecule has 7 heteroatoms. The third kappa shape index (κ3) is 6.62. The quantitative estimate of drug-likeness (QED) is 0.422. The molecular formula is C28H36N2O5. The Bertz CT molecular complexity index is 1020. The highest BCUT2D eigenvalue weighted by Crippen LogP contribution is 2.44. The maximum atomic E-state index is 12.7. The third-order valence-electron chi connectivity index (χ3n) is 6.71. The topological polar surface area (TPSA) is 105 Å². The molecule has 0 saturated heterocycles. The van der Waals surface area contributed by atoms with E-state index in [1.165, 1.54) is 11.1 Å². The van der Waals surface area contributed by atoms with Crippen molar-refractivity contribution in [1.29, 1.82) is 0 Å². The van der Waals surface area contributed by atoms with E-state index in [1.807, 2.05) is 31.2 Å². The number of carboxylic acid groups (broad SMARTS) is 1. The molecule has 2 atom stereocenters. The van der Waals surface area contributed by atoms with Crippen LogP contribution < -0.4 is 10.6 Å². The van der Waals surface area contributed by atoms with Gasteiger partial charge in [0.05, 0.1) is 11.3 Å². The molecule has 35 heavy (non-hydrogen) atoms. The lowest BCUT2D eigenvalue weighted by Gasteiger charge is -2.26. The second kappa shape index (κ2) is 11.4. The van der Waals surface area contributed by atoms with Crippen LogP contribution in [0.4, 0.5) is 4.79 Å². The number of carboxylic acids is 1. The number of amides is 2. The highest BCUT2D eigenvalue weighted by atomic mass is 16.5. The first-order valence-electron chi connectivity index (χ1n) is 12.2. The zero-order chi connectivity index (χ0) is 25.6. The van der Waals surface area contributed by atoms with Gasteiger partial charge in [0.1, 0.15) is 6.61 Å². The summed E-state index contributed by atoms with van der Waals surface area (Å²) >= 11 is 0. The van der Waals surface area contributed by atoms with Crippen LogP contribution in [0, 0.1) is 11.3 Å². The first kappa shape index (κ1) is 26.3. The van der Waals surface area contributed by atoms with Crippen LogP contribution in [0.2, 0.25) is 0 Å². The summed E-state index contributed by atoms with van der Waals surface area (Å²) in [6, 6.07) is 16.2. The molecule has 0 fully saturated rings. The molecule has 0 aromatic heterocycles. The number of aliphatic carboxylic acids is 1. The number of benzene rings is 2. The van der Waals surface area contributed by atoms with E-state index in [0.717, 1.165) is 11.1 Å². The van der Waals surface area contributed by atoms with Crippen molar-refractivity contribution >= 4 is 18.0 Å². The van der Waals surface area contributed by atoms with E-state index in [-0.39, 0.29) is 31.0 Å². The van der Waals surface area contributed by atoms with Gasteiger partial charge in [-0.2, -0.15) is 0 Å². The van der Waals surface area contributed by atoms with Crippen molar-refractivity contribution in [2.24, 2.45) is 11.3 Å². The normalized spacial score (nSPS) is 14.4. The summed E-state index contributed by atoms with van der Waals surface area (Å²) in [6.45, 7) is 7.48. The van der Waals surface area contributed by atoms with Gasteiger partial charge in [-0.05, 0) is 55.9 Å². The fourth-order valence-electron chi connectivity index (χ4n) is 4.37. The monoisotopic (exact) mass is 480 g/mol. The average molecular weight is 481 g/mol. The third-order valence-corrected chi connectivity index (χ3v) is 6.71. The maximum Gasteiger partial charge on any atom is 0.407 e. The van der Waals surface area contributed by atoms with Gasteiger partial charge in [-0.1, -0.05) is 61.9 Å². The molecule has 7 nitrogen and oxygen atoms in total. The highest BCUT2D eigenvalue weighted by molar-refractivity contribution is 5.83. The summed E-state index contributed by atoms with van der Waals surface area (Å²) in [7, 11) is 0. The molecule has 1 aliphatic rings. The highest BCUT2D eigenvalue weighted by Gasteiger charge is 2.31. The first-order chi connectivity index (χ1) is 16.6. The minimum absolute atomic E-state index is 0.0193. The Morgan fingerprint density at radius 2 is 1.54 bits per heavy atom. The number of ether oxygens (including phenoxy) is 1. The Hall–Kier alpha value is -3.35. The lowest BCUT2D eigenvalue weighted by Crippen LogP contribution is -2.47. The minimum Gasteiger partial charge on any atom is -0.481 e. The molecule has 2 unspecified atom stereocenters. The predicted molar refractivity (Wildman–Crippen MR) is 135 cm³/mol. The molecule has 3 N–H and O–H groups in total. The Kier molecular flexibility index (Phi) is 8.54. The van der Waals surface area contributed by atoms with Crippen molar-refractivity contribution in [2.45, 2.75) is 58.9 Å². The van der Waals surface area contributed by atoms with Crippen LogP contribution in [0.1, 0.15) is 64.0 Å². The molecule has 0 aliphatic heterocycles. The average Bonchev–Trinajstić information content (AvgIpc) is 3.15. The van der Waals surface area contributed by atoms with Gasteiger partial charge in [0.2, 0.25) is 5.91 Å². The van der Waals surface area contributed by atoms with Gasteiger partial charge in [-0.15, -0.1) is 0 Å². The zero-order valence-electron chi connectivity index (χ0n) is 21.0. The minimum atomic E-state index is -0.825. The Morgan fingerprint density at radius 3 is 2.11 bits per heavy atom. The fourth-order valence-corrected chi connectivity index (χ4v) is 4.37. The van der Waals surface area contributed by atoms with Crippen LogP contribution in [0.5, 0.6) is 0 Å². The van der Waals surface area contributed by atoms with Crippen LogP contribution in [0.25, 0.3) is 11.1 Å². The summed E-state index contributed by atoms with van der Waals surface area (Å²) in [6.07, 6.45) is 1.43. The van der Waals surface area contributed by atoms with Gasteiger partial charge in [0.15, 0.2) is 0 Å². The van der Waals surface area contributed by atoms with E-state index in [4.69, 9.17) is 9.84 Å². The Labute approximate surface area is 207 Å². The van der Waals surface area contributed by atoms with Crippen molar-refractivity contribution in [3.05, 3.63) is 59.7 Å². The van der Waals surface area contributed by atoms with Crippen LogP contribution in [-0.4, -0.2) is 42.3 Å². The van der Waals surface area contributed by atoms with Gasteiger partial charge in [-0.3, -0.25) is 9.59 Å². The molecule has 3 rings (SSSR count). The summed E-state index contributed by atoms with van der Waals surface area (Å²) in [5.41, 5.74) is 3.80. The molecule has 1 aliphatic carbocycles. The molecule has 0 saturated carbocycles. The van der Waals surface area contributed by atoms with Crippen LogP contribution >= 0.6 is 0 Å². The summed E-state index contributed by atoms with van der Waals surface area (Å²) in [5, 5.41) is 14.7. The van der Waals surface area contributed by atoms with Gasteiger partial charge in [0, 0.05) is 18.5 Å². The largest absolute Gasteiger partial charge is 0.481 e. The SMILES string of the molecule is CC(CCCC(C)C(=O)O)NC(=O)C(C)(C)CNC(=O)OCC1c2ccccc2-c2ccccc21. The van der Waals surface area contributed by atoms with Gasteiger partial charge in [0.25, 0.3) is 0 Å². The van der Waals surface area contributed by atoms with E-state index in [9.17, 15) is 14.4 Å². The smallest absolute Gasteiger partial charge is 0.407 e. The predicted octanol–water partition coefficient (Wildman–Crippen LogP) is 4.95. The second-order valence-corrected chi connectivity index (χ2v) is 10.1. The molecule has 2 amide bonds. The number of alkyl carbamates (subject to hydrolysis) is 1. The van der Waals surface area contributed by atoms with E-state index in [0.29, 0.717) is 19.3 Å². The lowest BCUT2D eigenvalue weighted by molar-refractivity contribution is -0.141. The number of carbonyl (C=O) groups is 3. The fraction of sp³-hybridized carbons (Fsp3) is 0.464. The van der Waals surface area contributed by atoms with E-state index < -0.39 is 23.4 Å². The summed E-state index contributed by atoms with van der Waals surface area (Å²) < 4.78 is 5.56. The molecular weight excluding hydrogens is 444 g/mol. The summed E-state index contributed by atoms with van der Waals surface area (Å²) in [5.74, 6) is -1.39. The Morgan fingerprint density at radius 1 is 0.971 bits per heavy atom. The molecule has 0 bridgehead atoms. The van der Waals surface area contributed by atoms with E-state index >= 15 is 0 Å². The Balaban J connectivity index is 1.46. The molecule has 0 heterocycles. The van der Waals surface area contributed by atoms with Crippen molar-refractivity contribution in [2.75, 3.05) is 13.2 Å². The molecule has 0 spiro atoms. The van der Waals surface area contributed by atoms with Crippen LogP contribution in [0.15, 0.2) is 48.5 Å². The van der Waals surface area contributed by atoms with Crippen molar-refractivity contribution in [3.8, 4) is 11.1 Å². The van der Waals surface area contributed by atoms with E-state index in [2.05, 4.69) is 34.9 Å². The van der Waals surface area contributed by atoms with Crippen molar-refractivity contribution < 1.29 is 24.2 Å². The second-order valence-electron chi connectivity index (χ2n) is 10.1. The summed E-state index contributed by atoms with van der Waals surface area (Å²) in [4.78, 5) is 36.1. The molecule has 2 aromatic carbocycles. The van der Waals surface area contributed by atoms with Crippen molar-refractivity contribution in [1.82, 2.24) is 10.6 Å². The first-order valence-corrected chi connectivity index (χ1v) is 12.2. The number of hydrogen-bond donors (Lipinski definition) is 3. The van der Waals surface area contributed by atoms with E-state index in [1.54, 1.807) is 20.8 Å².